The highest BCUT2D eigenvalue weighted by Crippen LogP contribution is 2.08. The van der Waals surface area contributed by atoms with Crippen molar-refractivity contribution in [2.24, 2.45) is 7.05 Å². The van der Waals surface area contributed by atoms with Crippen LogP contribution in [0.5, 0.6) is 0 Å². The summed E-state index contributed by atoms with van der Waals surface area (Å²) >= 11 is 0. The SMILES string of the molecule is Cc1ccc2ccccc2[n+]1C.I. The fraction of sp³-hybridized carbons (Fsp3) is 0.182. The van der Waals surface area contributed by atoms with Gasteiger partial charge in [-0.2, -0.15) is 4.57 Å². The van der Waals surface area contributed by atoms with Gasteiger partial charge in [0.1, 0.15) is 7.05 Å². The van der Waals surface area contributed by atoms with Crippen LogP contribution < -0.4 is 4.57 Å². The van der Waals surface area contributed by atoms with E-state index in [9.17, 15) is 0 Å². The van der Waals surface area contributed by atoms with Gasteiger partial charge in [-0.05, 0) is 12.1 Å². The highest BCUT2D eigenvalue weighted by Gasteiger charge is 2.05. The molecular formula is C11H13IN+. The lowest BCUT2D eigenvalue weighted by Gasteiger charge is -1.97. The van der Waals surface area contributed by atoms with Gasteiger partial charge in [0.05, 0.1) is 0 Å². The molecule has 0 radical (unpaired) electrons. The molecule has 2 aromatic rings. The third kappa shape index (κ3) is 1.82. The molecule has 1 aromatic heterocycles. The van der Waals surface area contributed by atoms with E-state index in [1.807, 2.05) is 0 Å². The summed E-state index contributed by atoms with van der Waals surface area (Å²) < 4.78 is 2.20. The van der Waals surface area contributed by atoms with E-state index < -0.39 is 0 Å². The second-order valence-electron chi connectivity index (χ2n) is 3.09. The monoisotopic (exact) mass is 286 g/mol. The van der Waals surface area contributed by atoms with Gasteiger partial charge >= 0.3 is 0 Å². The first-order valence-corrected chi connectivity index (χ1v) is 4.13. The van der Waals surface area contributed by atoms with Crippen LogP contribution in [-0.2, 0) is 7.05 Å². The third-order valence-electron chi connectivity index (χ3n) is 2.33. The first-order valence-electron chi connectivity index (χ1n) is 4.13. The van der Waals surface area contributed by atoms with Crippen molar-refractivity contribution < 1.29 is 4.57 Å². The van der Waals surface area contributed by atoms with E-state index >= 15 is 0 Å². The molecule has 0 aliphatic heterocycles. The normalized spacial score (nSPS) is 9.69. The van der Waals surface area contributed by atoms with Crippen molar-refractivity contribution in [1.82, 2.24) is 0 Å². The molecule has 0 aliphatic rings. The number of hydrogen-bond donors (Lipinski definition) is 0. The Morgan fingerprint density at radius 3 is 2.46 bits per heavy atom. The van der Waals surface area contributed by atoms with Crippen molar-refractivity contribution in [3.05, 3.63) is 42.1 Å². The zero-order valence-electron chi connectivity index (χ0n) is 7.82. The summed E-state index contributed by atoms with van der Waals surface area (Å²) in [7, 11) is 2.09. The summed E-state index contributed by atoms with van der Waals surface area (Å²) in [5, 5.41) is 1.30. The summed E-state index contributed by atoms with van der Waals surface area (Å²) in [6.07, 6.45) is 0. The van der Waals surface area contributed by atoms with E-state index in [1.165, 1.54) is 16.6 Å². The summed E-state index contributed by atoms with van der Waals surface area (Å²) in [5.74, 6) is 0. The molecule has 2 heteroatoms. The van der Waals surface area contributed by atoms with Gasteiger partial charge < -0.3 is 0 Å². The Kier molecular flexibility index (Phi) is 3.25. The quantitative estimate of drug-likeness (QED) is 0.518. The second-order valence-corrected chi connectivity index (χ2v) is 3.09. The van der Waals surface area contributed by atoms with Crippen molar-refractivity contribution in [2.45, 2.75) is 6.92 Å². The van der Waals surface area contributed by atoms with Gasteiger partial charge in [-0.25, -0.2) is 0 Å². The van der Waals surface area contributed by atoms with Crippen LogP contribution in [0.15, 0.2) is 36.4 Å². The maximum Gasteiger partial charge on any atom is 0.212 e. The van der Waals surface area contributed by atoms with Crippen LogP contribution in [0, 0.1) is 6.92 Å². The molecule has 0 atom stereocenters. The Hall–Kier alpha value is -0.640. The fourth-order valence-corrected chi connectivity index (χ4v) is 1.45. The fourth-order valence-electron chi connectivity index (χ4n) is 1.45. The zero-order chi connectivity index (χ0) is 8.55. The number of rotatable bonds is 0. The molecule has 0 aliphatic carbocycles. The molecule has 0 amide bonds. The molecule has 1 aromatic carbocycles. The van der Waals surface area contributed by atoms with Crippen molar-refractivity contribution in [2.75, 3.05) is 0 Å². The van der Waals surface area contributed by atoms with Crippen molar-refractivity contribution in [3.8, 4) is 0 Å². The Morgan fingerprint density at radius 1 is 1.00 bits per heavy atom. The molecular weight excluding hydrogens is 273 g/mol. The van der Waals surface area contributed by atoms with E-state index in [4.69, 9.17) is 0 Å². The average molecular weight is 286 g/mol. The lowest BCUT2D eigenvalue weighted by atomic mass is 10.2. The Balaban J connectivity index is 0.000000845. The molecule has 0 N–H and O–H groups in total. The van der Waals surface area contributed by atoms with Gasteiger partial charge in [0, 0.05) is 24.4 Å². The van der Waals surface area contributed by atoms with Crippen LogP contribution in [0.1, 0.15) is 5.69 Å². The van der Waals surface area contributed by atoms with Gasteiger partial charge in [-0.1, -0.05) is 12.1 Å². The minimum Gasteiger partial charge on any atom is -0.199 e. The summed E-state index contributed by atoms with van der Waals surface area (Å²) in [6, 6.07) is 12.7. The van der Waals surface area contributed by atoms with Crippen LogP contribution in [0.25, 0.3) is 10.9 Å². The smallest absolute Gasteiger partial charge is 0.199 e. The lowest BCUT2D eigenvalue weighted by Crippen LogP contribution is -2.32. The Morgan fingerprint density at radius 2 is 1.69 bits per heavy atom. The number of para-hydroxylation sites is 1. The molecule has 13 heavy (non-hydrogen) atoms. The van der Waals surface area contributed by atoms with Gasteiger partial charge in [0.25, 0.3) is 0 Å². The van der Waals surface area contributed by atoms with Crippen molar-refractivity contribution in [3.63, 3.8) is 0 Å². The minimum atomic E-state index is 0. The second kappa shape index (κ2) is 4.05. The molecule has 0 fully saturated rings. The Labute approximate surface area is 95.4 Å². The topological polar surface area (TPSA) is 3.88 Å². The molecule has 0 unspecified atom stereocenters. The number of aromatic nitrogens is 1. The molecule has 0 saturated heterocycles. The van der Waals surface area contributed by atoms with Crippen LogP contribution in [0.3, 0.4) is 0 Å². The molecule has 68 valence electrons. The highest BCUT2D eigenvalue weighted by atomic mass is 127. The van der Waals surface area contributed by atoms with E-state index in [2.05, 4.69) is 54.9 Å². The summed E-state index contributed by atoms with van der Waals surface area (Å²) in [6.45, 7) is 2.12. The number of aryl methyl sites for hydroxylation is 2. The van der Waals surface area contributed by atoms with E-state index in [1.54, 1.807) is 0 Å². The number of fused-ring (bicyclic) bond motifs is 1. The number of nitrogens with zero attached hydrogens (tertiary/aromatic N) is 1. The van der Waals surface area contributed by atoms with Crippen LogP contribution >= 0.6 is 24.0 Å². The first kappa shape index (κ1) is 10.4. The third-order valence-corrected chi connectivity index (χ3v) is 2.33. The van der Waals surface area contributed by atoms with Gasteiger partial charge in [0.15, 0.2) is 5.69 Å². The molecule has 0 spiro atoms. The van der Waals surface area contributed by atoms with Gasteiger partial charge in [-0.3, -0.25) is 0 Å². The predicted octanol–water partition coefficient (Wildman–Crippen LogP) is 2.59. The predicted molar refractivity (Wildman–Crippen MR) is 65.3 cm³/mol. The highest BCUT2D eigenvalue weighted by molar-refractivity contribution is 14.0. The van der Waals surface area contributed by atoms with Crippen LogP contribution in [0.4, 0.5) is 0 Å². The average Bonchev–Trinajstić information content (AvgIpc) is 2.12. The van der Waals surface area contributed by atoms with Crippen molar-refractivity contribution >= 4 is 34.9 Å². The largest absolute Gasteiger partial charge is 0.212 e. The Bertz CT molecular complexity index is 423. The van der Waals surface area contributed by atoms with Gasteiger partial charge in [-0.15, -0.1) is 24.0 Å². The summed E-state index contributed by atoms with van der Waals surface area (Å²) in [4.78, 5) is 0. The van der Waals surface area contributed by atoms with Gasteiger partial charge in [0.2, 0.25) is 5.52 Å². The molecule has 0 saturated carbocycles. The molecule has 2 rings (SSSR count). The van der Waals surface area contributed by atoms with Crippen LogP contribution in [-0.4, -0.2) is 0 Å². The standard InChI is InChI=1S/C11H12N.HI/c1-9-7-8-10-5-3-4-6-11(10)12(9)2;/h3-8H,1-2H3;1H/q+1;. The van der Waals surface area contributed by atoms with Crippen LogP contribution in [0.2, 0.25) is 0 Å². The zero-order valence-corrected chi connectivity index (χ0v) is 10.1. The van der Waals surface area contributed by atoms with Crippen molar-refractivity contribution in [1.29, 1.82) is 0 Å². The van der Waals surface area contributed by atoms with E-state index in [-0.39, 0.29) is 24.0 Å². The molecule has 1 heterocycles. The van der Waals surface area contributed by atoms with E-state index in [0.717, 1.165) is 0 Å². The maximum absolute atomic E-state index is 2.20. The number of pyridine rings is 1. The first-order chi connectivity index (χ1) is 5.79. The minimum absolute atomic E-state index is 0. The van der Waals surface area contributed by atoms with E-state index in [0.29, 0.717) is 0 Å². The molecule has 1 nitrogen and oxygen atoms in total. The number of hydrogen-bond acceptors (Lipinski definition) is 0. The summed E-state index contributed by atoms with van der Waals surface area (Å²) in [5.41, 5.74) is 2.58. The lowest BCUT2D eigenvalue weighted by molar-refractivity contribution is -0.651. The molecule has 0 bridgehead atoms. The maximum atomic E-state index is 2.20. The number of halogens is 1. The number of benzene rings is 1.